The second-order valence-corrected chi connectivity index (χ2v) is 4.94. The predicted octanol–water partition coefficient (Wildman–Crippen LogP) is 2.06. The first-order valence-corrected chi connectivity index (χ1v) is 6.54. The molecule has 1 heterocycles. The molecule has 19 heavy (non-hydrogen) atoms. The fourth-order valence-electron chi connectivity index (χ4n) is 2.34. The SMILES string of the molecule is CN(CCN1CCCC1)c1ccc(C(=O)O)c(F)c1. The highest BCUT2D eigenvalue weighted by Gasteiger charge is 2.14. The number of aromatic carboxylic acids is 1. The van der Waals surface area contributed by atoms with Gasteiger partial charge in [-0.05, 0) is 44.1 Å². The van der Waals surface area contributed by atoms with Gasteiger partial charge in [0.15, 0.2) is 0 Å². The molecule has 0 aliphatic carbocycles. The minimum Gasteiger partial charge on any atom is -0.478 e. The third-order valence-electron chi connectivity index (χ3n) is 3.57. The van der Waals surface area contributed by atoms with E-state index in [1.54, 1.807) is 6.07 Å². The fraction of sp³-hybridized carbons (Fsp3) is 0.500. The van der Waals surface area contributed by atoms with Crippen molar-refractivity contribution in [3.63, 3.8) is 0 Å². The summed E-state index contributed by atoms with van der Waals surface area (Å²) >= 11 is 0. The van der Waals surface area contributed by atoms with Crippen LogP contribution in [0.4, 0.5) is 10.1 Å². The van der Waals surface area contributed by atoms with Gasteiger partial charge >= 0.3 is 5.97 Å². The standard InChI is InChI=1S/C14H19FN2O2/c1-16(8-9-17-6-2-3-7-17)11-4-5-12(14(18)19)13(15)10-11/h4-5,10H,2-3,6-9H2,1H3,(H,18,19). The average Bonchev–Trinajstić information content (AvgIpc) is 2.88. The molecule has 1 aliphatic rings. The Morgan fingerprint density at radius 1 is 1.42 bits per heavy atom. The molecule has 2 rings (SSSR count). The zero-order valence-corrected chi connectivity index (χ0v) is 11.1. The highest BCUT2D eigenvalue weighted by molar-refractivity contribution is 5.88. The van der Waals surface area contributed by atoms with E-state index in [0.717, 1.165) is 26.2 Å². The van der Waals surface area contributed by atoms with Gasteiger partial charge in [-0.2, -0.15) is 0 Å². The molecule has 1 N–H and O–H groups in total. The molecule has 1 fully saturated rings. The van der Waals surface area contributed by atoms with Gasteiger partial charge in [0.2, 0.25) is 0 Å². The quantitative estimate of drug-likeness (QED) is 0.886. The Balaban J connectivity index is 1.96. The van der Waals surface area contributed by atoms with Crippen LogP contribution in [0.15, 0.2) is 18.2 Å². The summed E-state index contributed by atoms with van der Waals surface area (Å²) in [6.07, 6.45) is 2.51. The number of hydrogen-bond donors (Lipinski definition) is 1. The van der Waals surface area contributed by atoms with Crippen LogP contribution in [0.1, 0.15) is 23.2 Å². The molecule has 1 aliphatic heterocycles. The van der Waals surface area contributed by atoms with Gasteiger partial charge in [0, 0.05) is 25.8 Å². The molecule has 1 saturated heterocycles. The second kappa shape index (κ2) is 6.02. The summed E-state index contributed by atoms with van der Waals surface area (Å²) in [7, 11) is 1.89. The summed E-state index contributed by atoms with van der Waals surface area (Å²) in [5.41, 5.74) is 0.429. The third kappa shape index (κ3) is 3.44. The second-order valence-electron chi connectivity index (χ2n) is 4.94. The third-order valence-corrected chi connectivity index (χ3v) is 3.57. The van der Waals surface area contributed by atoms with E-state index < -0.39 is 11.8 Å². The molecule has 0 spiro atoms. The van der Waals surface area contributed by atoms with E-state index in [-0.39, 0.29) is 5.56 Å². The summed E-state index contributed by atoms with van der Waals surface area (Å²) < 4.78 is 13.6. The van der Waals surface area contributed by atoms with Gasteiger partial charge in [0.05, 0.1) is 5.56 Å². The Bertz CT molecular complexity index is 459. The maximum absolute atomic E-state index is 13.6. The summed E-state index contributed by atoms with van der Waals surface area (Å²) in [4.78, 5) is 15.1. The maximum Gasteiger partial charge on any atom is 0.338 e. The Kier molecular flexibility index (Phi) is 4.37. The highest BCUT2D eigenvalue weighted by atomic mass is 19.1. The van der Waals surface area contributed by atoms with Gasteiger partial charge in [-0.25, -0.2) is 9.18 Å². The molecule has 5 heteroatoms. The minimum atomic E-state index is -1.23. The smallest absolute Gasteiger partial charge is 0.338 e. The molecule has 0 bridgehead atoms. The number of hydrogen-bond acceptors (Lipinski definition) is 3. The first kappa shape index (κ1) is 13.8. The Labute approximate surface area is 112 Å². The van der Waals surface area contributed by atoms with Crippen LogP contribution < -0.4 is 4.90 Å². The number of anilines is 1. The molecule has 0 saturated carbocycles. The van der Waals surface area contributed by atoms with Gasteiger partial charge in [0.25, 0.3) is 0 Å². The molecule has 104 valence electrons. The Morgan fingerprint density at radius 2 is 2.11 bits per heavy atom. The van der Waals surface area contributed by atoms with Crippen LogP contribution in [0.3, 0.4) is 0 Å². The van der Waals surface area contributed by atoms with Crippen molar-refractivity contribution in [2.24, 2.45) is 0 Å². The zero-order valence-electron chi connectivity index (χ0n) is 11.1. The predicted molar refractivity (Wildman–Crippen MR) is 72.3 cm³/mol. The van der Waals surface area contributed by atoms with Crippen LogP contribution in [-0.2, 0) is 0 Å². The molecular weight excluding hydrogens is 247 g/mol. The van der Waals surface area contributed by atoms with E-state index in [1.165, 1.54) is 25.0 Å². The monoisotopic (exact) mass is 266 g/mol. The molecule has 1 aromatic rings. The lowest BCUT2D eigenvalue weighted by Gasteiger charge is -2.23. The summed E-state index contributed by atoms with van der Waals surface area (Å²) in [6.45, 7) is 4.05. The van der Waals surface area contributed by atoms with Crippen molar-refractivity contribution in [2.75, 3.05) is 38.1 Å². The molecule has 0 radical (unpaired) electrons. The van der Waals surface area contributed by atoms with Crippen LogP contribution in [0, 0.1) is 5.82 Å². The Hall–Kier alpha value is -1.62. The maximum atomic E-state index is 13.6. The molecule has 0 atom stereocenters. The molecule has 1 aromatic carbocycles. The average molecular weight is 266 g/mol. The van der Waals surface area contributed by atoms with Crippen molar-refractivity contribution in [2.45, 2.75) is 12.8 Å². The van der Waals surface area contributed by atoms with E-state index in [2.05, 4.69) is 4.90 Å². The largest absolute Gasteiger partial charge is 0.478 e. The zero-order chi connectivity index (χ0) is 13.8. The van der Waals surface area contributed by atoms with Crippen molar-refractivity contribution in [3.05, 3.63) is 29.6 Å². The van der Waals surface area contributed by atoms with Crippen molar-refractivity contribution < 1.29 is 14.3 Å². The van der Waals surface area contributed by atoms with E-state index in [0.29, 0.717) is 5.69 Å². The van der Waals surface area contributed by atoms with E-state index >= 15 is 0 Å². The lowest BCUT2D eigenvalue weighted by atomic mass is 10.2. The highest BCUT2D eigenvalue weighted by Crippen LogP contribution is 2.18. The summed E-state index contributed by atoms with van der Waals surface area (Å²) in [5.74, 6) is -1.92. The first-order chi connectivity index (χ1) is 9.08. The number of likely N-dealkylation sites (tertiary alicyclic amines) is 1. The van der Waals surface area contributed by atoms with Gasteiger partial charge in [-0.1, -0.05) is 0 Å². The molecule has 0 unspecified atom stereocenters. The number of rotatable bonds is 5. The lowest BCUT2D eigenvalue weighted by molar-refractivity contribution is 0.0692. The number of nitrogens with zero attached hydrogens (tertiary/aromatic N) is 2. The van der Waals surface area contributed by atoms with Crippen molar-refractivity contribution in [1.82, 2.24) is 4.90 Å². The number of carbonyl (C=O) groups is 1. The number of halogens is 1. The number of likely N-dealkylation sites (N-methyl/N-ethyl adjacent to an activating group) is 1. The lowest BCUT2D eigenvalue weighted by Crippen LogP contribution is -2.31. The van der Waals surface area contributed by atoms with Gasteiger partial charge < -0.3 is 14.9 Å². The van der Waals surface area contributed by atoms with Crippen molar-refractivity contribution in [1.29, 1.82) is 0 Å². The van der Waals surface area contributed by atoms with Crippen LogP contribution in [0.25, 0.3) is 0 Å². The molecule has 0 amide bonds. The molecular formula is C14H19FN2O2. The summed E-state index contributed by atoms with van der Waals surface area (Å²) in [5, 5.41) is 8.78. The van der Waals surface area contributed by atoms with E-state index in [9.17, 15) is 9.18 Å². The topological polar surface area (TPSA) is 43.8 Å². The Morgan fingerprint density at radius 3 is 2.68 bits per heavy atom. The number of carboxylic acid groups (broad SMARTS) is 1. The first-order valence-electron chi connectivity index (χ1n) is 6.54. The normalized spacial score (nSPS) is 15.7. The fourth-order valence-corrected chi connectivity index (χ4v) is 2.34. The van der Waals surface area contributed by atoms with Gasteiger partial charge in [-0.15, -0.1) is 0 Å². The molecule has 4 nitrogen and oxygen atoms in total. The van der Waals surface area contributed by atoms with Crippen molar-refractivity contribution >= 4 is 11.7 Å². The number of carboxylic acids is 1. The van der Waals surface area contributed by atoms with Crippen LogP contribution in [0.5, 0.6) is 0 Å². The van der Waals surface area contributed by atoms with E-state index in [4.69, 9.17) is 5.11 Å². The van der Waals surface area contributed by atoms with Gasteiger partial charge in [-0.3, -0.25) is 0 Å². The van der Waals surface area contributed by atoms with Crippen LogP contribution in [-0.4, -0.2) is 49.2 Å². The van der Waals surface area contributed by atoms with Crippen LogP contribution in [0.2, 0.25) is 0 Å². The minimum absolute atomic E-state index is 0.281. The van der Waals surface area contributed by atoms with Crippen LogP contribution >= 0.6 is 0 Å². The van der Waals surface area contributed by atoms with Crippen molar-refractivity contribution in [3.8, 4) is 0 Å². The summed E-state index contributed by atoms with van der Waals surface area (Å²) in [6, 6.07) is 4.25. The van der Waals surface area contributed by atoms with Gasteiger partial charge in [0.1, 0.15) is 5.82 Å². The molecule has 0 aromatic heterocycles. The van der Waals surface area contributed by atoms with E-state index in [1.807, 2.05) is 11.9 Å². The number of benzene rings is 1.